The molecule has 0 saturated heterocycles. The van der Waals surface area contributed by atoms with Crippen LogP contribution in [0.25, 0.3) is 11.4 Å². The number of nitrogens with zero attached hydrogens (tertiary/aromatic N) is 4. The van der Waals surface area contributed by atoms with Gasteiger partial charge in [-0.25, -0.2) is 4.98 Å². The van der Waals surface area contributed by atoms with Gasteiger partial charge < -0.3 is 15.6 Å². The second-order valence-electron chi connectivity index (χ2n) is 7.55. The number of aromatic amines is 1. The van der Waals surface area contributed by atoms with Gasteiger partial charge in [-0.05, 0) is 30.7 Å². The van der Waals surface area contributed by atoms with E-state index in [0.29, 0.717) is 49.2 Å². The van der Waals surface area contributed by atoms with Gasteiger partial charge in [-0.1, -0.05) is 25.9 Å². The van der Waals surface area contributed by atoms with Crippen LogP contribution in [0.4, 0.5) is 5.69 Å². The number of hydrogen-bond acceptors (Lipinski definition) is 7. The molecule has 0 aliphatic rings. The Morgan fingerprint density at radius 2 is 1.93 bits per heavy atom. The molecule has 9 nitrogen and oxygen atoms in total. The first-order valence-corrected chi connectivity index (χ1v) is 9.20. The highest BCUT2D eigenvalue weighted by molar-refractivity contribution is 5.90. The van der Waals surface area contributed by atoms with E-state index >= 15 is 0 Å². The van der Waals surface area contributed by atoms with Crippen molar-refractivity contribution in [1.82, 2.24) is 25.3 Å². The van der Waals surface area contributed by atoms with E-state index < -0.39 is 0 Å². The van der Waals surface area contributed by atoms with Gasteiger partial charge in [-0.15, -0.1) is 12.4 Å². The summed E-state index contributed by atoms with van der Waals surface area (Å²) in [4.78, 5) is 20.8. The predicted octanol–water partition coefficient (Wildman–Crippen LogP) is 2.99. The molecule has 156 valence electrons. The lowest BCUT2D eigenvalue weighted by atomic mass is 9.96. The van der Waals surface area contributed by atoms with Gasteiger partial charge in [0, 0.05) is 29.5 Å². The summed E-state index contributed by atoms with van der Waals surface area (Å²) in [7, 11) is 0. The molecule has 0 radical (unpaired) electrons. The number of aryl methyl sites for hydroxylation is 1. The zero-order chi connectivity index (χ0) is 20.1. The van der Waals surface area contributed by atoms with Crippen LogP contribution in [-0.2, 0) is 23.2 Å². The number of carbonyl (C=O) groups is 1. The predicted molar refractivity (Wildman–Crippen MR) is 112 cm³/mol. The first kappa shape index (κ1) is 22.5. The summed E-state index contributed by atoms with van der Waals surface area (Å²) in [5, 5.41) is 13.8. The number of amides is 1. The Balaban J connectivity index is 0.00000300. The molecular weight excluding hydrogens is 394 g/mol. The first-order chi connectivity index (χ1) is 13.3. The van der Waals surface area contributed by atoms with Crippen molar-refractivity contribution in [2.75, 3.05) is 5.32 Å². The molecule has 0 fully saturated rings. The summed E-state index contributed by atoms with van der Waals surface area (Å²) in [6, 6.07) is 7.34. The summed E-state index contributed by atoms with van der Waals surface area (Å²) in [5.41, 5.74) is 6.94. The van der Waals surface area contributed by atoms with E-state index in [-0.39, 0.29) is 23.7 Å². The normalized spacial score (nSPS) is 11.2. The van der Waals surface area contributed by atoms with Crippen LogP contribution >= 0.6 is 12.4 Å². The molecule has 29 heavy (non-hydrogen) atoms. The van der Waals surface area contributed by atoms with Crippen LogP contribution in [0.3, 0.4) is 0 Å². The van der Waals surface area contributed by atoms with E-state index in [0.717, 1.165) is 11.3 Å². The van der Waals surface area contributed by atoms with Crippen molar-refractivity contribution in [2.45, 2.75) is 52.0 Å². The number of aromatic nitrogens is 5. The van der Waals surface area contributed by atoms with Gasteiger partial charge >= 0.3 is 0 Å². The Morgan fingerprint density at radius 3 is 2.52 bits per heavy atom. The number of benzene rings is 1. The molecule has 0 aliphatic heterocycles. The molecule has 10 heteroatoms. The summed E-state index contributed by atoms with van der Waals surface area (Å²) >= 11 is 0. The Labute approximate surface area is 175 Å². The van der Waals surface area contributed by atoms with E-state index in [1.807, 2.05) is 45.0 Å². The average Bonchev–Trinajstić information content (AvgIpc) is 3.31. The van der Waals surface area contributed by atoms with Crippen LogP contribution in [0, 0.1) is 0 Å². The van der Waals surface area contributed by atoms with E-state index in [4.69, 9.17) is 10.3 Å². The molecule has 3 aromatic rings. The molecule has 1 amide bonds. The van der Waals surface area contributed by atoms with E-state index in [2.05, 4.69) is 30.6 Å². The number of carbonyl (C=O) groups excluding carboxylic acids is 1. The molecule has 0 atom stereocenters. The highest BCUT2D eigenvalue weighted by atomic mass is 35.5. The van der Waals surface area contributed by atoms with Gasteiger partial charge in [0.2, 0.25) is 11.8 Å². The highest BCUT2D eigenvalue weighted by Crippen LogP contribution is 2.20. The molecule has 0 unspecified atom stereocenters. The van der Waals surface area contributed by atoms with E-state index in [9.17, 15) is 4.79 Å². The zero-order valence-corrected chi connectivity index (χ0v) is 17.5. The monoisotopic (exact) mass is 419 g/mol. The minimum atomic E-state index is -0.150. The van der Waals surface area contributed by atoms with Crippen molar-refractivity contribution >= 4 is 24.0 Å². The van der Waals surface area contributed by atoms with Gasteiger partial charge in [-0.3, -0.25) is 9.89 Å². The molecule has 1 aromatic carbocycles. The average molecular weight is 420 g/mol. The van der Waals surface area contributed by atoms with Crippen LogP contribution in [0.15, 0.2) is 28.8 Å². The summed E-state index contributed by atoms with van der Waals surface area (Å²) in [5.74, 6) is 2.38. The van der Waals surface area contributed by atoms with Crippen molar-refractivity contribution in [3.63, 3.8) is 0 Å². The van der Waals surface area contributed by atoms with Crippen molar-refractivity contribution in [3.05, 3.63) is 41.8 Å². The van der Waals surface area contributed by atoms with Crippen molar-refractivity contribution in [3.8, 4) is 11.4 Å². The van der Waals surface area contributed by atoms with Crippen LogP contribution in [0.1, 0.15) is 51.2 Å². The summed E-state index contributed by atoms with van der Waals surface area (Å²) in [6.45, 7) is 6.39. The SMILES string of the molecule is CC(C)(C)c1noc(CCCC(=O)Nc2ccc(-c3n[nH]c(CN)n3)cc2)n1.Cl. The maximum absolute atomic E-state index is 12.1. The van der Waals surface area contributed by atoms with Gasteiger partial charge in [0.15, 0.2) is 11.6 Å². The van der Waals surface area contributed by atoms with Crippen molar-refractivity contribution in [1.29, 1.82) is 0 Å². The topological polar surface area (TPSA) is 136 Å². The van der Waals surface area contributed by atoms with Gasteiger partial charge in [-0.2, -0.15) is 10.1 Å². The molecular formula is C19H26ClN7O2. The van der Waals surface area contributed by atoms with Crippen LogP contribution in [-0.4, -0.2) is 31.2 Å². The number of halogens is 1. The third-order valence-corrected chi connectivity index (χ3v) is 4.09. The molecule has 0 bridgehead atoms. The fourth-order valence-electron chi connectivity index (χ4n) is 2.50. The maximum atomic E-state index is 12.1. The first-order valence-electron chi connectivity index (χ1n) is 9.20. The van der Waals surface area contributed by atoms with E-state index in [1.54, 1.807) is 0 Å². The van der Waals surface area contributed by atoms with Crippen LogP contribution in [0.5, 0.6) is 0 Å². The third kappa shape index (κ3) is 6.10. The van der Waals surface area contributed by atoms with Gasteiger partial charge in [0.05, 0.1) is 6.54 Å². The number of H-pyrrole nitrogens is 1. The quantitative estimate of drug-likeness (QED) is 0.535. The summed E-state index contributed by atoms with van der Waals surface area (Å²) < 4.78 is 5.24. The largest absolute Gasteiger partial charge is 0.339 e. The second-order valence-corrected chi connectivity index (χ2v) is 7.55. The minimum Gasteiger partial charge on any atom is -0.339 e. The Hall–Kier alpha value is -2.78. The third-order valence-electron chi connectivity index (χ3n) is 4.09. The second kappa shape index (κ2) is 9.62. The van der Waals surface area contributed by atoms with Crippen molar-refractivity contribution in [2.24, 2.45) is 5.73 Å². The Kier molecular flexibility index (Phi) is 7.46. The van der Waals surface area contributed by atoms with Crippen LogP contribution < -0.4 is 11.1 Å². The molecule has 0 aliphatic carbocycles. The van der Waals surface area contributed by atoms with Gasteiger partial charge in [0.1, 0.15) is 5.82 Å². The van der Waals surface area contributed by atoms with Gasteiger partial charge in [0.25, 0.3) is 0 Å². The number of nitrogens with two attached hydrogens (primary N) is 1. The molecule has 0 saturated carbocycles. The van der Waals surface area contributed by atoms with E-state index in [1.165, 1.54) is 0 Å². The molecule has 3 rings (SSSR count). The Morgan fingerprint density at radius 1 is 1.21 bits per heavy atom. The summed E-state index contributed by atoms with van der Waals surface area (Å²) in [6.07, 6.45) is 1.58. The lowest BCUT2D eigenvalue weighted by molar-refractivity contribution is -0.116. The fraction of sp³-hybridized carbons (Fsp3) is 0.421. The molecule has 0 spiro atoms. The number of hydrogen-bond donors (Lipinski definition) is 3. The van der Waals surface area contributed by atoms with Crippen molar-refractivity contribution < 1.29 is 9.32 Å². The number of anilines is 1. The highest BCUT2D eigenvalue weighted by Gasteiger charge is 2.20. The Bertz CT molecular complexity index is 929. The molecule has 2 aromatic heterocycles. The lowest BCUT2D eigenvalue weighted by Crippen LogP contribution is -2.13. The standard InChI is InChI=1S/C19H25N7O2.ClH/c1-19(2,3)18-23-16(28-26-18)6-4-5-15(27)21-13-9-7-12(8-10-13)17-22-14(11-20)24-25-17;/h7-10H,4-6,11,20H2,1-3H3,(H,21,27)(H,22,24,25);1H. The fourth-order valence-corrected chi connectivity index (χ4v) is 2.50. The smallest absolute Gasteiger partial charge is 0.226 e. The lowest BCUT2D eigenvalue weighted by Gasteiger charge is -2.10. The molecule has 2 heterocycles. The maximum Gasteiger partial charge on any atom is 0.226 e. The van der Waals surface area contributed by atoms with Crippen LogP contribution in [0.2, 0.25) is 0 Å². The number of nitrogens with one attached hydrogen (secondary N) is 2. The number of rotatable bonds is 7. The minimum absolute atomic E-state index is 0. The zero-order valence-electron chi connectivity index (χ0n) is 16.7. The molecule has 4 N–H and O–H groups in total.